The number of carbonyl (C=O) groups is 3. The molecule has 3 amide bonds. The summed E-state index contributed by atoms with van der Waals surface area (Å²) in [6.45, 7) is 4.58. The predicted molar refractivity (Wildman–Crippen MR) is 110 cm³/mol. The van der Waals surface area contributed by atoms with Crippen molar-refractivity contribution in [3.8, 4) is 0 Å². The molecule has 1 fully saturated rings. The highest BCUT2D eigenvalue weighted by atomic mass is 16.2. The van der Waals surface area contributed by atoms with Crippen LogP contribution in [0.15, 0.2) is 67.3 Å². The third-order valence-corrected chi connectivity index (χ3v) is 5.84. The molecule has 2 aliphatic heterocycles. The molecule has 0 aromatic heterocycles. The van der Waals surface area contributed by atoms with Gasteiger partial charge in [0.2, 0.25) is 5.91 Å². The molecule has 0 radical (unpaired) electrons. The van der Waals surface area contributed by atoms with Crippen molar-refractivity contribution in [3.05, 3.63) is 83.9 Å². The van der Waals surface area contributed by atoms with Crippen LogP contribution in [0, 0.1) is 5.92 Å². The lowest BCUT2D eigenvalue weighted by Crippen LogP contribution is -2.44. The maximum absolute atomic E-state index is 13.0. The maximum atomic E-state index is 13.0. The number of amides is 3. The van der Waals surface area contributed by atoms with E-state index in [1.54, 1.807) is 30.3 Å². The monoisotopic (exact) mass is 388 g/mol. The van der Waals surface area contributed by atoms with Crippen LogP contribution in [0.5, 0.6) is 0 Å². The minimum atomic E-state index is -0.270. The van der Waals surface area contributed by atoms with E-state index in [0.29, 0.717) is 30.5 Å². The molecule has 2 atom stereocenters. The van der Waals surface area contributed by atoms with Crippen LogP contribution in [0.1, 0.15) is 39.1 Å². The van der Waals surface area contributed by atoms with Crippen LogP contribution in [-0.2, 0) is 11.2 Å². The van der Waals surface area contributed by atoms with E-state index in [4.69, 9.17) is 0 Å². The fourth-order valence-electron chi connectivity index (χ4n) is 4.34. The lowest BCUT2D eigenvalue weighted by Gasteiger charge is -2.28. The van der Waals surface area contributed by atoms with Crippen LogP contribution >= 0.6 is 0 Å². The minimum absolute atomic E-state index is 0.0856. The van der Waals surface area contributed by atoms with Gasteiger partial charge >= 0.3 is 0 Å². The Kier molecular flexibility index (Phi) is 5.30. The summed E-state index contributed by atoms with van der Waals surface area (Å²) in [5.41, 5.74) is 2.05. The first kappa shape index (κ1) is 19.1. The molecule has 0 saturated carbocycles. The van der Waals surface area contributed by atoms with Gasteiger partial charge in [-0.15, -0.1) is 6.58 Å². The minimum Gasteiger partial charge on any atom is -0.337 e. The summed E-state index contributed by atoms with van der Waals surface area (Å²) >= 11 is 0. The Bertz CT molecular complexity index is 919. The van der Waals surface area contributed by atoms with E-state index in [1.165, 1.54) is 4.90 Å². The van der Waals surface area contributed by atoms with E-state index >= 15 is 0 Å². The summed E-state index contributed by atoms with van der Waals surface area (Å²) in [5.74, 6) is -0.590. The van der Waals surface area contributed by atoms with E-state index in [0.717, 1.165) is 12.0 Å². The zero-order valence-corrected chi connectivity index (χ0v) is 16.3. The van der Waals surface area contributed by atoms with Gasteiger partial charge in [-0.2, -0.15) is 0 Å². The number of allylic oxidation sites excluding steroid dienone is 1. The zero-order chi connectivity index (χ0) is 20.4. The molecule has 0 aliphatic carbocycles. The van der Waals surface area contributed by atoms with Crippen LogP contribution in [0.2, 0.25) is 0 Å². The van der Waals surface area contributed by atoms with Gasteiger partial charge in [-0.3, -0.25) is 19.3 Å². The lowest BCUT2D eigenvalue weighted by molar-refractivity contribution is -0.132. The molecular formula is C24H24N2O3. The van der Waals surface area contributed by atoms with Crippen LogP contribution in [0.25, 0.3) is 0 Å². The van der Waals surface area contributed by atoms with Crippen molar-refractivity contribution in [3.63, 3.8) is 0 Å². The first-order chi connectivity index (χ1) is 14.1. The third kappa shape index (κ3) is 3.60. The standard InChI is InChI=1S/C24H24N2O3/c1-2-8-18-15-19(25(22(18)27)14-13-17-9-4-3-5-10-17)16-26-23(28)20-11-6-7-12-21(20)24(26)29/h2-7,9-12,18-19H,1,8,13-16H2/t18-,19+/m1/s1. The first-order valence-corrected chi connectivity index (χ1v) is 10.0. The Morgan fingerprint density at radius 1 is 0.931 bits per heavy atom. The number of nitrogens with zero attached hydrogens (tertiary/aromatic N) is 2. The van der Waals surface area contributed by atoms with Gasteiger partial charge in [0.25, 0.3) is 11.8 Å². The Morgan fingerprint density at radius 2 is 1.55 bits per heavy atom. The smallest absolute Gasteiger partial charge is 0.261 e. The van der Waals surface area contributed by atoms with Gasteiger partial charge in [-0.25, -0.2) is 0 Å². The number of fused-ring (bicyclic) bond motifs is 1. The molecule has 5 heteroatoms. The van der Waals surface area contributed by atoms with Crippen molar-refractivity contribution in [2.24, 2.45) is 5.92 Å². The van der Waals surface area contributed by atoms with Crippen molar-refractivity contribution >= 4 is 17.7 Å². The maximum Gasteiger partial charge on any atom is 0.261 e. The molecular weight excluding hydrogens is 364 g/mol. The van der Waals surface area contributed by atoms with Crippen LogP contribution in [0.3, 0.4) is 0 Å². The van der Waals surface area contributed by atoms with Gasteiger partial charge in [0, 0.05) is 19.0 Å². The normalized spacial score (nSPS) is 21.0. The molecule has 4 rings (SSSR count). The Hall–Kier alpha value is -3.21. The second kappa shape index (κ2) is 8.03. The highest BCUT2D eigenvalue weighted by molar-refractivity contribution is 6.21. The fourth-order valence-corrected chi connectivity index (χ4v) is 4.34. The fraction of sp³-hybridized carbons (Fsp3) is 0.292. The number of benzene rings is 2. The lowest BCUT2D eigenvalue weighted by atomic mass is 10.0. The second-order valence-corrected chi connectivity index (χ2v) is 7.64. The highest BCUT2D eigenvalue weighted by Gasteiger charge is 2.43. The number of imide groups is 1. The molecule has 0 unspecified atom stereocenters. The topological polar surface area (TPSA) is 57.7 Å². The van der Waals surface area contributed by atoms with Gasteiger partial charge in [-0.1, -0.05) is 48.5 Å². The van der Waals surface area contributed by atoms with E-state index in [1.807, 2.05) is 35.2 Å². The van der Waals surface area contributed by atoms with Gasteiger partial charge in [0.05, 0.1) is 17.2 Å². The van der Waals surface area contributed by atoms with Crippen molar-refractivity contribution in [2.75, 3.05) is 13.1 Å². The third-order valence-electron chi connectivity index (χ3n) is 5.84. The number of rotatable bonds is 7. The Labute approximate surface area is 170 Å². The molecule has 0 bridgehead atoms. The van der Waals surface area contributed by atoms with Crippen molar-refractivity contribution in [1.29, 1.82) is 0 Å². The largest absolute Gasteiger partial charge is 0.337 e. The van der Waals surface area contributed by atoms with Crippen LogP contribution in [-0.4, -0.2) is 46.7 Å². The first-order valence-electron chi connectivity index (χ1n) is 10.0. The number of carbonyl (C=O) groups excluding carboxylic acids is 3. The molecule has 2 aromatic carbocycles. The van der Waals surface area contributed by atoms with Crippen molar-refractivity contribution < 1.29 is 14.4 Å². The predicted octanol–water partition coefficient (Wildman–Crippen LogP) is 3.32. The van der Waals surface area contributed by atoms with Gasteiger partial charge in [-0.05, 0) is 37.0 Å². The Balaban J connectivity index is 1.52. The van der Waals surface area contributed by atoms with Gasteiger partial charge in [0.15, 0.2) is 0 Å². The molecule has 2 heterocycles. The summed E-state index contributed by atoms with van der Waals surface area (Å²) < 4.78 is 0. The zero-order valence-electron chi connectivity index (χ0n) is 16.3. The summed E-state index contributed by atoms with van der Waals surface area (Å²) in [4.78, 5) is 41.6. The SMILES string of the molecule is C=CC[C@@H]1C[C@@H](CN2C(=O)c3ccccc3C2=O)N(CCc2ccccc2)C1=O. The molecule has 148 valence electrons. The average Bonchev–Trinajstić information content (AvgIpc) is 3.17. The van der Waals surface area contributed by atoms with E-state index in [2.05, 4.69) is 6.58 Å². The summed E-state index contributed by atoms with van der Waals surface area (Å²) in [7, 11) is 0. The highest BCUT2D eigenvalue weighted by Crippen LogP contribution is 2.31. The van der Waals surface area contributed by atoms with Gasteiger partial charge < -0.3 is 4.90 Å². The summed E-state index contributed by atoms with van der Waals surface area (Å²) in [6.07, 6.45) is 3.75. The van der Waals surface area contributed by atoms with Crippen molar-refractivity contribution in [1.82, 2.24) is 9.80 Å². The van der Waals surface area contributed by atoms with Crippen LogP contribution < -0.4 is 0 Å². The number of hydrogen-bond donors (Lipinski definition) is 0. The summed E-state index contributed by atoms with van der Waals surface area (Å²) in [6, 6.07) is 16.7. The molecule has 0 N–H and O–H groups in total. The van der Waals surface area contributed by atoms with Gasteiger partial charge in [0.1, 0.15) is 0 Å². The van der Waals surface area contributed by atoms with E-state index in [-0.39, 0.29) is 36.2 Å². The molecule has 29 heavy (non-hydrogen) atoms. The van der Waals surface area contributed by atoms with E-state index < -0.39 is 0 Å². The molecule has 0 spiro atoms. The Morgan fingerprint density at radius 3 is 2.17 bits per heavy atom. The second-order valence-electron chi connectivity index (χ2n) is 7.64. The molecule has 2 aromatic rings. The average molecular weight is 388 g/mol. The molecule has 5 nitrogen and oxygen atoms in total. The quantitative estimate of drug-likeness (QED) is 0.540. The number of likely N-dealkylation sites (tertiary alicyclic amines) is 1. The molecule has 1 saturated heterocycles. The van der Waals surface area contributed by atoms with E-state index in [9.17, 15) is 14.4 Å². The number of hydrogen-bond acceptors (Lipinski definition) is 3. The van der Waals surface area contributed by atoms with Crippen LogP contribution in [0.4, 0.5) is 0 Å². The molecule has 2 aliphatic rings. The van der Waals surface area contributed by atoms with Crippen molar-refractivity contribution in [2.45, 2.75) is 25.3 Å². The summed E-state index contributed by atoms with van der Waals surface area (Å²) in [5, 5.41) is 0.